The number of halogens is 1. The molecule has 2 rings (SSSR count). The van der Waals surface area contributed by atoms with E-state index in [-0.39, 0.29) is 0 Å². The molecular weight excluding hydrogens is 366 g/mol. The van der Waals surface area contributed by atoms with Gasteiger partial charge in [-0.2, -0.15) is 0 Å². The van der Waals surface area contributed by atoms with Crippen LogP contribution in [-0.4, -0.2) is 23.6 Å². The lowest BCUT2D eigenvalue weighted by Gasteiger charge is -2.26. The van der Waals surface area contributed by atoms with Crippen molar-refractivity contribution in [3.8, 4) is 5.75 Å². The van der Waals surface area contributed by atoms with Crippen LogP contribution < -0.4 is 10.1 Å². The molecular formula is C21H24ClNO4. The first-order valence-electron chi connectivity index (χ1n) is 8.63. The monoisotopic (exact) mass is 389 g/mol. The minimum Gasteiger partial charge on any atom is -0.476 e. The average Bonchev–Trinajstić information content (AvgIpc) is 2.59. The van der Waals surface area contributed by atoms with E-state index in [1.165, 1.54) is 6.92 Å². The summed E-state index contributed by atoms with van der Waals surface area (Å²) < 4.78 is 11.0. The van der Waals surface area contributed by atoms with E-state index in [2.05, 4.69) is 5.32 Å². The third-order valence-electron chi connectivity index (χ3n) is 4.06. The molecule has 1 amide bonds. The second-order valence-electron chi connectivity index (χ2n) is 6.87. The second-order valence-corrected chi connectivity index (χ2v) is 7.31. The zero-order chi connectivity index (χ0) is 20.2. The molecule has 0 fully saturated rings. The van der Waals surface area contributed by atoms with Gasteiger partial charge >= 0.3 is 5.97 Å². The standard InChI is InChI=1S/C21H24ClNO4/c1-13-7-6-8-14(2)18(13)23-19(24)15(3)26-20(25)21(4,5)27-17-11-9-16(22)10-12-17/h6-12,15H,1-5H3,(H,23,24). The average molecular weight is 390 g/mol. The number of carbonyl (C=O) groups is 2. The van der Waals surface area contributed by atoms with E-state index in [1.54, 1.807) is 38.1 Å². The number of aryl methyl sites for hydroxylation is 2. The summed E-state index contributed by atoms with van der Waals surface area (Å²) in [4.78, 5) is 24.9. The van der Waals surface area contributed by atoms with Crippen LogP contribution >= 0.6 is 11.6 Å². The van der Waals surface area contributed by atoms with Crippen molar-refractivity contribution in [1.82, 2.24) is 0 Å². The molecule has 5 nitrogen and oxygen atoms in total. The first kappa shape index (κ1) is 20.8. The molecule has 6 heteroatoms. The maximum absolute atomic E-state index is 12.5. The maximum atomic E-state index is 12.5. The summed E-state index contributed by atoms with van der Waals surface area (Å²) in [6, 6.07) is 12.4. The van der Waals surface area contributed by atoms with Crippen molar-refractivity contribution in [2.75, 3.05) is 5.32 Å². The molecule has 0 bridgehead atoms. The Labute approximate surface area is 164 Å². The summed E-state index contributed by atoms with van der Waals surface area (Å²) in [6.45, 7) is 8.50. The zero-order valence-electron chi connectivity index (χ0n) is 16.1. The number of hydrogen-bond acceptors (Lipinski definition) is 4. The van der Waals surface area contributed by atoms with Crippen molar-refractivity contribution in [2.45, 2.75) is 46.3 Å². The van der Waals surface area contributed by atoms with Gasteiger partial charge < -0.3 is 14.8 Å². The van der Waals surface area contributed by atoms with E-state index in [1.807, 2.05) is 32.0 Å². The summed E-state index contributed by atoms with van der Waals surface area (Å²) in [5.74, 6) is -0.557. The third-order valence-corrected chi connectivity index (χ3v) is 4.31. The molecule has 2 aromatic rings. The van der Waals surface area contributed by atoms with Crippen LogP contribution in [0.2, 0.25) is 5.02 Å². The minimum absolute atomic E-state index is 0.400. The predicted octanol–water partition coefficient (Wildman–Crippen LogP) is 4.68. The topological polar surface area (TPSA) is 64.6 Å². The Morgan fingerprint density at radius 2 is 1.59 bits per heavy atom. The molecule has 2 aromatic carbocycles. The largest absolute Gasteiger partial charge is 0.476 e. The summed E-state index contributed by atoms with van der Waals surface area (Å²) in [6.07, 6.45) is -0.968. The highest BCUT2D eigenvalue weighted by Gasteiger charge is 2.34. The Hall–Kier alpha value is -2.53. The molecule has 0 aliphatic carbocycles. The molecule has 0 heterocycles. The van der Waals surface area contributed by atoms with Crippen LogP contribution in [0.3, 0.4) is 0 Å². The smallest absolute Gasteiger partial charge is 0.350 e. The first-order chi connectivity index (χ1) is 12.6. The van der Waals surface area contributed by atoms with Crippen molar-refractivity contribution in [3.63, 3.8) is 0 Å². The highest BCUT2D eigenvalue weighted by Crippen LogP contribution is 2.23. The fourth-order valence-electron chi connectivity index (χ4n) is 2.43. The predicted molar refractivity (Wildman–Crippen MR) is 106 cm³/mol. The van der Waals surface area contributed by atoms with Crippen LogP contribution in [-0.2, 0) is 14.3 Å². The van der Waals surface area contributed by atoms with Crippen LogP contribution in [0.1, 0.15) is 31.9 Å². The van der Waals surface area contributed by atoms with E-state index in [0.29, 0.717) is 10.8 Å². The number of amides is 1. The maximum Gasteiger partial charge on any atom is 0.350 e. The number of anilines is 1. The van der Waals surface area contributed by atoms with Crippen molar-refractivity contribution in [2.24, 2.45) is 0 Å². The van der Waals surface area contributed by atoms with E-state index >= 15 is 0 Å². The molecule has 144 valence electrons. The molecule has 0 saturated heterocycles. The summed E-state index contributed by atoms with van der Waals surface area (Å²) >= 11 is 5.85. The van der Waals surface area contributed by atoms with Gasteiger partial charge in [0.1, 0.15) is 5.75 Å². The van der Waals surface area contributed by atoms with Gasteiger partial charge in [-0.15, -0.1) is 0 Å². The number of nitrogens with one attached hydrogen (secondary N) is 1. The van der Waals surface area contributed by atoms with E-state index in [0.717, 1.165) is 16.8 Å². The van der Waals surface area contributed by atoms with Gasteiger partial charge in [-0.3, -0.25) is 4.79 Å². The summed E-state index contributed by atoms with van der Waals surface area (Å²) in [5.41, 5.74) is 1.34. The number of hydrogen-bond donors (Lipinski definition) is 1. The van der Waals surface area contributed by atoms with Gasteiger partial charge in [0, 0.05) is 10.7 Å². The fraction of sp³-hybridized carbons (Fsp3) is 0.333. The SMILES string of the molecule is Cc1cccc(C)c1NC(=O)C(C)OC(=O)C(C)(C)Oc1ccc(Cl)cc1. The number of rotatable bonds is 6. The quantitative estimate of drug-likeness (QED) is 0.728. The Kier molecular flexibility index (Phi) is 6.50. The van der Waals surface area contributed by atoms with Gasteiger partial charge in [-0.05, 0) is 70.0 Å². The van der Waals surface area contributed by atoms with Gasteiger partial charge in [-0.1, -0.05) is 29.8 Å². The first-order valence-corrected chi connectivity index (χ1v) is 9.00. The van der Waals surface area contributed by atoms with E-state index in [9.17, 15) is 9.59 Å². The molecule has 27 heavy (non-hydrogen) atoms. The van der Waals surface area contributed by atoms with Crippen LogP contribution in [0.4, 0.5) is 5.69 Å². The molecule has 0 aliphatic heterocycles. The number of esters is 1. The van der Waals surface area contributed by atoms with Crippen LogP contribution in [0.15, 0.2) is 42.5 Å². The summed E-state index contributed by atoms with van der Waals surface area (Å²) in [7, 11) is 0. The molecule has 0 aromatic heterocycles. The normalized spacial score (nSPS) is 12.2. The van der Waals surface area contributed by atoms with E-state index < -0.39 is 23.6 Å². The van der Waals surface area contributed by atoms with Gasteiger partial charge in [0.2, 0.25) is 0 Å². The lowest BCUT2D eigenvalue weighted by atomic mass is 10.1. The van der Waals surface area contributed by atoms with Crippen molar-refractivity contribution >= 4 is 29.2 Å². The Morgan fingerprint density at radius 1 is 1.04 bits per heavy atom. The minimum atomic E-state index is -1.26. The number of carbonyl (C=O) groups excluding carboxylic acids is 2. The van der Waals surface area contributed by atoms with Crippen LogP contribution in [0, 0.1) is 13.8 Å². The van der Waals surface area contributed by atoms with Crippen LogP contribution in [0.25, 0.3) is 0 Å². The Morgan fingerprint density at radius 3 is 2.15 bits per heavy atom. The molecule has 1 unspecified atom stereocenters. The molecule has 0 saturated carbocycles. The summed E-state index contributed by atoms with van der Waals surface area (Å²) in [5, 5.41) is 3.39. The number of ether oxygens (including phenoxy) is 2. The highest BCUT2D eigenvalue weighted by atomic mass is 35.5. The Bertz CT molecular complexity index is 810. The van der Waals surface area contributed by atoms with Crippen LogP contribution in [0.5, 0.6) is 5.75 Å². The van der Waals surface area contributed by atoms with Gasteiger partial charge in [0.25, 0.3) is 5.91 Å². The second kappa shape index (κ2) is 8.44. The lowest BCUT2D eigenvalue weighted by molar-refractivity contribution is -0.166. The van der Waals surface area contributed by atoms with Gasteiger partial charge in [-0.25, -0.2) is 4.79 Å². The zero-order valence-corrected chi connectivity index (χ0v) is 16.9. The molecule has 0 spiro atoms. The molecule has 0 aliphatic rings. The van der Waals surface area contributed by atoms with Gasteiger partial charge in [0.05, 0.1) is 0 Å². The van der Waals surface area contributed by atoms with Crippen molar-refractivity contribution in [3.05, 3.63) is 58.6 Å². The highest BCUT2D eigenvalue weighted by molar-refractivity contribution is 6.30. The Balaban J connectivity index is 2.00. The third kappa shape index (κ3) is 5.47. The van der Waals surface area contributed by atoms with E-state index in [4.69, 9.17) is 21.1 Å². The molecule has 0 radical (unpaired) electrons. The van der Waals surface area contributed by atoms with Crippen molar-refractivity contribution < 1.29 is 19.1 Å². The number of para-hydroxylation sites is 1. The van der Waals surface area contributed by atoms with Gasteiger partial charge in [0.15, 0.2) is 11.7 Å². The molecule has 1 N–H and O–H groups in total. The number of benzene rings is 2. The van der Waals surface area contributed by atoms with Crippen molar-refractivity contribution in [1.29, 1.82) is 0 Å². The molecule has 1 atom stereocenters. The lowest BCUT2D eigenvalue weighted by Crippen LogP contribution is -2.43. The fourth-order valence-corrected chi connectivity index (χ4v) is 2.56.